The van der Waals surface area contributed by atoms with Crippen molar-refractivity contribution >= 4 is 17.9 Å². The van der Waals surface area contributed by atoms with Crippen molar-refractivity contribution in [3.05, 3.63) is 0 Å². The molecule has 0 aliphatic rings. The van der Waals surface area contributed by atoms with Crippen LogP contribution in [0.4, 0.5) is 0 Å². The van der Waals surface area contributed by atoms with Crippen LogP contribution in [0.3, 0.4) is 0 Å². The molecule has 0 saturated heterocycles. The summed E-state index contributed by atoms with van der Waals surface area (Å²) in [7, 11) is 0. The van der Waals surface area contributed by atoms with Crippen LogP contribution >= 0.6 is 0 Å². The zero-order valence-corrected chi connectivity index (χ0v) is 40.9. The Morgan fingerprint density at radius 2 is 0.583 bits per heavy atom. The smallest absolute Gasteiger partial charge is 0.306 e. The Morgan fingerprint density at radius 3 is 0.867 bits per heavy atom. The van der Waals surface area contributed by atoms with Crippen molar-refractivity contribution in [2.24, 2.45) is 5.92 Å². The fourth-order valence-corrected chi connectivity index (χ4v) is 8.19. The van der Waals surface area contributed by atoms with Crippen LogP contribution in [0.25, 0.3) is 0 Å². The van der Waals surface area contributed by atoms with Crippen molar-refractivity contribution in [1.29, 1.82) is 0 Å². The lowest BCUT2D eigenvalue weighted by atomic mass is 10.00. The van der Waals surface area contributed by atoms with E-state index in [1.165, 1.54) is 199 Å². The maximum atomic E-state index is 12.8. The van der Waals surface area contributed by atoms with Gasteiger partial charge in [-0.2, -0.15) is 0 Å². The second kappa shape index (κ2) is 48.4. The van der Waals surface area contributed by atoms with E-state index in [4.69, 9.17) is 14.2 Å². The van der Waals surface area contributed by atoms with Gasteiger partial charge in [-0.25, -0.2) is 0 Å². The number of carbonyl (C=O) groups excluding carboxylic acids is 3. The highest BCUT2D eigenvalue weighted by Gasteiger charge is 2.19. The summed E-state index contributed by atoms with van der Waals surface area (Å²) in [5.74, 6) is -0.0315. The number of carbonyl (C=O) groups is 3. The van der Waals surface area contributed by atoms with Gasteiger partial charge in [-0.15, -0.1) is 0 Å². The van der Waals surface area contributed by atoms with Crippen molar-refractivity contribution in [2.75, 3.05) is 13.2 Å². The maximum absolute atomic E-state index is 12.8. The number of hydrogen-bond donors (Lipinski definition) is 0. The Hall–Kier alpha value is -1.59. The van der Waals surface area contributed by atoms with Gasteiger partial charge in [-0.05, 0) is 25.2 Å². The average Bonchev–Trinajstić information content (AvgIpc) is 3.25. The Labute approximate surface area is 374 Å². The zero-order chi connectivity index (χ0) is 43.8. The van der Waals surface area contributed by atoms with Gasteiger partial charge in [0.15, 0.2) is 6.10 Å². The maximum Gasteiger partial charge on any atom is 0.306 e. The third-order valence-electron chi connectivity index (χ3n) is 12.7. The molecule has 2 atom stereocenters. The first-order valence-electron chi connectivity index (χ1n) is 26.9. The van der Waals surface area contributed by atoms with Gasteiger partial charge in [0.2, 0.25) is 0 Å². The lowest BCUT2D eigenvalue weighted by Gasteiger charge is -2.18. The third-order valence-corrected chi connectivity index (χ3v) is 12.7. The monoisotopic (exact) mass is 849 g/mol. The highest BCUT2D eigenvalue weighted by Crippen LogP contribution is 2.18. The summed E-state index contributed by atoms with van der Waals surface area (Å²) in [5, 5.41) is 0. The molecular weight excluding hydrogens is 745 g/mol. The fourth-order valence-electron chi connectivity index (χ4n) is 8.19. The summed E-state index contributed by atoms with van der Waals surface area (Å²) < 4.78 is 16.8. The van der Waals surface area contributed by atoms with Crippen LogP contribution in [0, 0.1) is 5.92 Å². The molecule has 0 aromatic heterocycles. The topological polar surface area (TPSA) is 78.9 Å². The van der Waals surface area contributed by atoms with E-state index in [-0.39, 0.29) is 31.1 Å². The second-order valence-electron chi connectivity index (χ2n) is 18.8. The molecule has 0 aromatic rings. The summed E-state index contributed by atoms with van der Waals surface area (Å²) in [6, 6.07) is 0. The normalized spacial score (nSPS) is 12.4. The van der Waals surface area contributed by atoms with Crippen LogP contribution in [0.15, 0.2) is 0 Å². The molecule has 6 nitrogen and oxygen atoms in total. The van der Waals surface area contributed by atoms with Crippen LogP contribution in [-0.4, -0.2) is 37.2 Å². The first-order chi connectivity index (χ1) is 29.4. The molecule has 0 bridgehead atoms. The standard InChI is InChI=1S/C54H104O6/c1-5-8-10-12-14-16-18-20-21-22-23-24-25-27-28-30-32-37-41-45-52(55)58-48-51(49-59-53(56)46-42-38-35-34-36-40-44-50(4)7-3)60-54(57)47-43-39-33-31-29-26-19-17-15-13-11-9-6-2/h50-51H,5-49H2,1-4H3/t50?,51-/m0/s1. The van der Waals surface area contributed by atoms with E-state index in [0.717, 1.165) is 63.7 Å². The van der Waals surface area contributed by atoms with Gasteiger partial charge in [0.1, 0.15) is 13.2 Å². The molecule has 0 aromatic carbocycles. The second-order valence-corrected chi connectivity index (χ2v) is 18.8. The number of rotatable bonds is 49. The number of ether oxygens (including phenoxy) is 3. The van der Waals surface area contributed by atoms with Gasteiger partial charge in [-0.3, -0.25) is 14.4 Å². The zero-order valence-electron chi connectivity index (χ0n) is 40.9. The molecule has 0 fully saturated rings. The molecule has 0 N–H and O–H groups in total. The van der Waals surface area contributed by atoms with E-state index in [1.54, 1.807) is 0 Å². The molecule has 356 valence electrons. The minimum absolute atomic E-state index is 0.0633. The predicted molar refractivity (Wildman–Crippen MR) is 257 cm³/mol. The van der Waals surface area contributed by atoms with E-state index in [9.17, 15) is 14.4 Å². The molecule has 6 heteroatoms. The van der Waals surface area contributed by atoms with Crippen LogP contribution in [-0.2, 0) is 28.6 Å². The molecular formula is C54H104O6. The molecule has 0 heterocycles. The minimum Gasteiger partial charge on any atom is -0.462 e. The van der Waals surface area contributed by atoms with Crippen molar-refractivity contribution < 1.29 is 28.6 Å². The molecule has 0 radical (unpaired) electrons. The Bertz CT molecular complexity index is 905. The summed E-state index contributed by atoms with van der Waals surface area (Å²) in [6.07, 6.45) is 50.9. The quantitative estimate of drug-likeness (QED) is 0.0345. The van der Waals surface area contributed by atoms with E-state index in [2.05, 4.69) is 27.7 Å². The van der Waals surface area contributed by atoms with Gasteiger partial charge < -0.3 is 14.2 Å². The number of esters is 3. The van der Waals surface area contributed by atoms with Crippen molar-refractivity contribution in [2.45, 2.75) is 310 Å². The molecule has 0 amide bonds. The van der Waals surface area contributed by atoms with Gasteiger partial charge in [0.05, 0.1) is 0 Å². The Kier molecular flexibility index (Phi) is 47.2. The van der Waals surface area contributed by atoms with E-state index in [1.807, 2.05) is 0 Å². The fraction of sp³-hybridized carbons (Fsp3) is 0.944. The lowest BCUT2D eigenvalue weighted by Crippen LogP contribution is -2.30. The summed E-state index contributed by atoms with van der Waals surface area (Å²) >= 11 is 0. The van der Waals surface area contributed by atoms with Crippen LogP contribution in [0.1, 0.15) is 304 Å². The Morgan fingerprint density at radius 1 is 0.333 bits per heavy atom. The third kappa shape index (κ3) is 45.9. The highest BCUT2D eigenvalue weighted by molar-refractivity contribution is 5.71. The van der Waals surface area contributed by atoms with Crippen molar-refractivity contribution in [3.8, 4) is 0 Å². The molecule has 0 aliphatic heterocycles. The van der Waals surface area contributed by atoms with E-state index >= 15 is 0 Å². The average molecular weight is 849 g/mol. The first-order valence-corrected chi connectivity index (χ1v) is 26.9. The largest absolute Gasteiger partial charge is 0.462 e. The number of unbranched alkanes of at least 4 members (excludes halogenated alkanes) is 35. The molecule has 0 rings (SSSR count). The lowest BCUT2D eigenvalue weighted by molar-refractivity contribution is -0.167. The van der Waals surface area contributed by atoms with Gasteiger partial charge in [-0.1, -0.05) is 265 Å². The van der Waals surface area contributed by atoms with Gasteiger partial charge >= 0.3 is 17.9 Å². The summed E-state index contributed by atoms with van der Waals surface area (Å²) in [5.41, 5.74) is 0. The van der Waals surface area contributed by atoms with Gasteiger partial charge in [0, 0.05) is 19.3 Å². The van der Waals surface area contributed by atoms with Crippen LogP contribution in [0.2, 0.25) is 0 Å². The van der Waals surface area contributed by atoms with Crippen LogP contribution < -0.4 is 0 Å². The molecule has 0 aliphatic carbocycles. The van der Waals surface area contributed by atoms with E-state index in [0.29, 0.717) is 19.3 Å². The molecule has 60 heavy (non-hydrogen) atoms. The minimum atomic E-state index is -0.761. The first kappa shape index (κ1) is 58.4. The molecule has 1 unspecified atom stereocenters. The van der Waals surface area contributed by atoms with Crippen molar-refractivity contribution in [1.82, 2.24) is 0 Å². The SMILES string of the molecule is CCCCCCCCCCCCCCCCCCCCCC(=O)OC[C@@H](COC(=O)CCCCCCCCC(C)CC)OC(=O)CCCCCCCCCCCCCCC. The summed E-state index contributed by atoms with van der Waals surface area (Å²) in [4.78, 5) is 37.9. The molecule has 0 saturated carbocycles. The summed E-state index contributed by atoms with van der Waals surface area (Å²) in [6.45, 7) is 9.01. The predicted octanol–water partition coefficient (Wildman–Crippen LogP) is 17.5. The van der Waals surface area contributed by atoms with Crippen LogP contribution in [0.5, 0.6) is 0 Å². The highest BCUT2D eigenvalue weighted by atomic mass is 16.6. The van der Waals surface area contributed by atoms with Crippen molar-refractivity contribution in [3.63, 3.8) is 0 Å². The van der Waals surface area contributed by atoms with Gasteiger partial charge in [0.25, 0.3) is 0 Å². The molecule has 0 spiro atoms. The number of hydrogen-bond acceptors (Lipinski definition) is 6. The Balaban J connectivity index is 4.24. The van der Waals surface area contributed by atoms with E-state index < -0.39 is 6.10 Å².